The molecule has 0 fully saturated rings. The number of benzene rings is 2. The van der Waals surface area contributed by atoms with Crippen molar-refractivity contribution in [2.45, 2.75) is 18.9 Å². The molecule has 4 heteroatoms. The van der Waals surface area contributed by atoms with Crippen molar-refractivity contribution in [2.24, 2.45) is 0 Å². The summed E-state index contributed by atoms with van der Waals surface area (Å²) >= 11 is 0. The fourth-order valence-corrected chi connectivity index (χ4v) is 3.89. The maximum atomic E-state index is 10.6. The molecule has 2 aromatic rings. The lowest BCUT2D eigenvalue weighted by atomic mass is 9.76. The Hall–Kier alpha value is -2.20. The Morgan fingerprint density at radius 1 is 1.18 bits per heavy atom. The van der Waals surface area contributed by atoms with E-state index >= 15 is 0 Å². The minimum absolute atomic E-state index is 0.166. The zero-order valence-electron chi connectivity index (χ0n) is 12.8. The van der Waals surface area contributed by atoms with Crippen LogP contribution in [0.2, 0.25) is 0 Å². The number of phenols is 2. The maximum Gasteiger partial charge on any atom is 0.165 e. The molecule has 4 nitrogen and oxygen atoms in total. The Labute approximate surface area is 129 Å². The third kappa shape index (κ3) is 1.74. The summed E-state index contributed by atoms with van der Waals surface area (Å²) in [5, 5.41) is 20.7. The van der Waals surface area contributed by atoms with Gasteiger partial charge in [0.2, 0.25) is 0 Å². The van der Waals surface area contributed by atoms with Crippen LogP contribution in [0.4, 0.5) is 0 Å². The van der Waals surface area contributed by atoms with Crippen LogP contribution in [0.15, 0.2) is 24.3 Å². The Kier molecular flexibility index (Phi) is 2.84. The summed E-state index contributed by atoms with van der Waals surface area (Å²) in [6.45, 7) is 0.984. The van der Waals surface area contributed by atoms with E-state index in [1.54, 1.807) is 13.2 Å². The predicted molar refractivity (Wildman–Crippen MR) is 84.5 cm³/mol. The van der Waals surface area contributed by atoms with Crippen molar-refractivity contribution in [3.8, 4) is 28.4 Å². The van der Waals surface area contributed by atoms with Crippen molar-refractivity contribution in [1.82, 2.24) is 4.90 Å². The molecule has 4 rings (SSSR count). The molecule has 2 N–H and O–H groups in total. The minimum atomic E-state index is 0.166. The number of nitrogens with zero attached hydrogens (tertiary/aromatic N) is 1. The van der Waals surface area contributed by atoms with E-state index in [1.807, 2.05) is 18.2 Å². The largest absolute Gasteiger partial charge is 0.508 e. The van der Waals surface area contributed by atoms with Gasteiger partial charge >= 0.3 is 0 Å². The number of phenolic OH excluding ortho intramolecular Hbond substituents is 2. The van der Waals surface area contributed by atoms with Gasteiger partial charge in [-0.3, -0.25) is 4.90 Å². The molecule has 1 aliphatic heterocycles. The summed E-state index contributed by atoms with van der Waals surface area (Å²) in [5.74, 6) is 0.894. The summed E-state index contributed by atoms with van der Waals surface area (Å²) < 4.78 is 5.25. The molecule has 0 unspecified atom stereocenters. The van der Waals surface area contributed by atoms with Gasteiger partial charge in [0.25, 0.3) is 0 Å². The monoisotopic (exact) mass is 297 g/mol. The zero-order chi connectivity index (χ0) is 15.4. The van der Waals surface area contributed by atoms with E-state index in [4.69, 9.17) is 4.74 Å². The van der Waals surface area contributed by atoms with Crippen molar-refractivity contribution in [1.29, 1.82) is 0 Å². The number of fused-ring (bicyclic) bond motifs is 2. The fourth-order valence-electron chi connectivity index (χ4n) is 3.89. The highest BCUT2D eigenvalue weighted by Crippen LogP contribution is 2.51. The first-order chi connectivity index (χ1) is 10.6. The highest BCUT2D eigenvalue weighted by atomic mass is 16.5. The third-order valence-electron chi connectivity index (χ3n) is 4.98. The zero-order valence-corrected chi connectivity index (χ0v) is 12.8. The van der Waals surface area contributed by atoms with Crippen molar-refractivity contribution in [2.75, 3.05) is 20.7 Å². The second-order valence-electron chi connectivity index (χ2n) is 6.17. The summed E-state index contributed by atoms with van der Waals surface area (Å²) in [6, 6.07) is 7.76. The molecule has 2 aliphatic rings. The first kappa shape index (κ1) is 13.5. The minimum Gasteiger partial charge on any atom is -0.508 e. The molecule has 0 bridgehead atoms. The van der Waals surface area contributed by atoms with Gasteiger partial charge in [-0.1, -0.05) is 6.07 Å². The third-order valence-corrected chi connectivity index (χ3v) is 4.98. The van der Waals surface area contributed by atoms with Gasteiger partial charge in [0, 0.05) is 18.2 Å². The quantitative estimate of drug-likeness (QED) is 0.850. The summed E-state index contributed by atoms with van der Waals surface area (Å²) in [4.78, 5) is 2.35. The van der Waals surface area contributed by atoms with Gasteiger partial charge in [0.05, 0.1) is 7.11 Å². The topological polar surface area (TPSA) is 52.9 Å². The molecule has 114 valence electrons. The molecule has 0 spiro atoms. The maximum absolute atomic E-state index is 10.6. The lowest BCUT2D eigenvalue weighted by Gasteiger charge is -2.40. The average molecular weight is 297 g/mol. The number of likely N-dealkylation sites (N-methyl/N-ethyl adjacent to an activating group) is 1. The highest BCUT2D eigenvalue weighted by molar-refractivity contribution is 5.83. The second kappa shape index (κ2) is 4.65. The molecule has 2 aromatic carbocycles. The highest BCUT2D eigenvalue weighted by Gasteiger charge is 2.34. The second-order valence-corrected chi connectivity index (χ2v) is 6.17. The van der Waals surface area contributed by atoms with Gasteiger partial charge in [0.15, 0.2) is 11.5 Å². The van der Waals surface area contributed by atoms with Gasteiger partial charge in [-0.25, -0.2) is 0 Å². The number of aromatic hydroxyl groups is 2. The number of ether oxygens (including phenoxy) is 1. The van der Waals surface area contributed by atoms with Crippen LogP contribution in [0.5, 0.6) is 17.2 Å². The van der Waals surface area contributed by atoms with E-state index in [-0.39, 0.29) is 11.5 Å². The van der Waals surface area contributed by atoms with Crippen molar-refractivity contribution >= 4 is 0 Å². The smallest absolute Gasteiger partial charge is 0.165 e. The molecule has 0 radical (unpaired) electrons. The van der Waals surface area contributed by atoms with E-state index < -0.39 is 0 Å². The van der Waals surface area contributed by atoms with E-state index in [1.165, 1.54) is 11.1 Å². The molecular formula is C18H19NO3. The van der Waals surface area contributed by atoms with Gasteiger partial charge in [-0.15, -0.1) is 0 Å². The molecule has 0 amide bonds. The van der Waals surface area contributed by atoms with Crippen LogP contribution >= 0.6 is 0 Å². The Balaban J connectivity index is 2.05. The van der Waals surface area contributed by atoms with Gasteiger partial charge in [0.1, 0.15) is 5.75 Å². The predicted octanol–water partition coefficient (Wildman–Crippen LogP) is 2.86. The lowest BCUT2D eigenvalue weighted by Crippen LogP contribution is -2.35. The Morgan fingerprint density at radius 2 is 2.00 bits per heavy atom. The van der Waals surface area contributed by atoms with E-state index in [0.717, 1.165) is 36.1 Å². The van der Waals surface area contributed by atoms with E-state index in [9.17, 15) is 10.2 Å². The van der Waals surface area contributed by atoms with Crippen molar-refractivity contribution in [3.05, 3.63) is 41.0 Å². The van der Waals surface area contributed by atoms with Crippen LogP contribution in [0, 0.1) is 0 Å². The molecule has 0 saturated carbocycles. The first-order valence-electron chi connectivity index (χ1n) is 7.55. The number of hydrogen-bond acceptors (Lipinski definition) is 4. The van der Waals surface area contributed by atoms with Crippen molar-refractivity contribution < 1.29 is 14.9 Å². The van der Waals surface area contributed by atoms with Gasteiger partial charge in [-0.05, 0) is 60.3 Å². The Morgan fingerprint density at radius 3 is 2.77 bits per heavy atom. The van der Waals surface area contributed by atoms with Crippen LogP contribution in [-0.2, 0) is 12.8 Å². The summed E-state index contributed by atoms with van der Waals surface area (Å²) in [5.41, 5.74) is 5.26. The van der Waals surface area contributed by atoms with E-state index in [0.29, 0.717) is 11.8 Å². The fraction of sp³-hybridized carbons (Fsp3) is 0.333. The van der Waals surface area contributed by atoms with Crippen LogP contribution < -0.4 is 4.74 Å². The standard InChI is InChI=1S/C18H19NO3/c1-19-6-5-11-7-12(20)9-13-16(11)14(19)8-10-3-4-15(22-2)18(21)17(10)13/h3-4,7,9,14,20-21H,5-6,8H2,1-2H3/t14-/m1/s1. The molecule has 1 atom stereocenters. The number of hydrogen-bond donors (Lipinski definition) is 2. The van der Waals surface area contributed by atoms with Crippen LogP contribution in [0.1, 0.15) is 22.7 Å². The molecular weight excluding hydrogens is 278 g/mol. The molecule has 1 aliphatic carbocycles. The van der Waals surface area contributed by atoms with E-state index in [2.05, 4.69) is 11.9 Å². The van der Waals surface area contributed by atoms with Gasteiger partial charge < -0.3 is 14.9 Å². The normalized spacial score (nSPS) is 19.5. The number of methoxy groups -OCH3 is 1. The molecule has 0 aromatic heterocycles. The van der Waals surface area contributed by atoms with Gasteiger partial charge in [-0.2, -0.15) is 0 Å². The summed E-state index contributed by atoms with van der Waals surface area (Å²) in [6.07, 6.45) is 1.79. The first-order valence-corrected chi connectivity index (χ1v) is 7.55. The van der Waals surface area contributed by atoms with Crippen LogP contribution in [-0.4, -0.2) is 35.8 Å². The average Bonchev–Trinajstić information content (AvgIpc) is 2.50. The molecule has 1 heterocycles. The molecule has 22 heavy (non-hydrogen) atoms. The lowest BCUT2D eigenvalue weighted by molar-refractivity contribution is 0.227. The number of rotatable bonds is 1. The van der Waals surface area contributed by atoms with Crippen molar-refractivity contribution in [3.63, 3.8) is 0 Å². The SMILES string of the molecule is COc1ccc2c(c1O)-c1cc(O)cc3c1[C@@H](C2)N(C)CC3. The van der Waals surface area contributed by atoms with Crippen LogP contribution in [0.3, 0.4) is 0 Å². The molecule has 0 saturated heterocycles. The summed E-state index contributed by atoms with van der Waals surface area (Å²) in [7, 11) is 3.69. The Bertz CT molecular complexity index is 769. The van der Waals surface area contributed by atoms with Crippen LogP contribution in [0.25, 0.3) is 11.1 Å².